The van der Waals surface area contributed by atoms with Gasteiger partial charge in [0.05, 0.1) is 12.7 Å². The molecule has 4 heterocycles. The monoisotopic (exact) mass is 453 g/mol. The minimum atomic E-state index is -0.349. The number of carbonyl (C=O) groups excluding carboxylic acids is 1. The van der Waals surface area contributed by atoms with Crippen molar-refractivity contribution in [2.24, 2.45) is 7.05 Å². The molecule has 0 fully saturated rings. The average molecular weight is 454 g/mol. The third-order valence-corrected chi connectivity index (χ3v) is 7.69. The van der Waals surface area contributed by atoms with Crippen LogP contribution in [0.2, 0.25) is 0 Å². The van der Waals surface area contributed by atoms with Crippen LogP contribution in [0.15, 0.2) is 42.0 Å². The fourth-order valence-electron chi connectivity index (χ4n) is 4.17. The van der Waals surface area contributed by atoms with Crippen molar-refractivity contribution in [1.82, 2.24) is 24.9 Å². The highest BCUT2D eigenvalue weighted by molar-refractivity contribution is 7.16. The highest BCUT2D eigenvalue weighted by atomic mass is 32.1. The Kier molecular flexibility index (Phi) is 4.75. The number of thiophene rings is 1. The summed E-state index contributed by atoms with van der Waals surface area (Å²) in [7, 11) is 1.90. The molecule has 0 spiro atoms. The maximum absolute atomic E-state index is 13.4. The van der Waals surface area contributed by atoms with E-state index in [2.05, 4.69) is 33.7 Å². The SMILES string of the molecule is Cc1cc(F)ccc1-c1nnc(C(=O)N2Cc3sccc3C(C)(c3cnn(C)c3)C2)s1. The maximum atomic E-state index is 13.4. The molecule has 0 N–H and O–H groups in total. The average Bonchev–Trinajstić information content (AvgIpc) is 3.48. The van der Waals surface area contributed by atoms with Crippen molar-refractivity contribution in [3.8, 4) is 10.6 Å². The number of fused-ring (bicyclic) bond motifs is 1. The standard InChI is InChI=1S/C22H20FN5OS2/c1-13-8-15(23)4-5-16(13)19-25-26-20(31-19)21(29)28-11-18-17(6-7-30-18)22(2,12-28)14-9-24-27(3)10-14/h4-10H,11-12H2,1-3H3. The summed E-state index contributed by atoms with van der Waals surface area (Å²) < 4.78 is 15.2. The lowest BCUT2D eigenvalue weighted by Gasteiger charge is -2.39. The lowest BCUT2D eigenvalue weighted by molar-refractivity contribution is 0.0697. The first-order valence-electron chi connectivity index (χ1n) is 9.80. The molecule has 1 aliphatic rings. The zero-order chi connectivity index (χ0) is 21.8. The van der Waals surface area contributed by atoms with Gasteiger partial charge in [0, 0.05) is 41.2 Å². The number of nitrogens with zero attached hydrogens (tertiary/aromatic N) is 5. The third kappa shape index (κ3) is 3.37. The van der Waals surface area contributed by atoms with Gasteiger partial charge in [-0.05, 0) is 54.6 Å². The quantitative estimate of drug-likeness (QED) is 0.461. The Hall–Kier alpha value is -2.91. The van der Waals surface area contributed by atoms with Gasteiger partial charge in [0.25, 0.3) is 5.91 Å². The van der Waals surface area contributed by atoms with Crippen molar-refractivity contribution in [2.45, 2.75) is 25.8 Å². The summed E-state index contributed by atoms with van der Waals surface area (Å²) in [5.41, 5.74) is 3.53. The first-order chi connectivity index (χ1) is 14.8. The van der Waals surface area contributed by atoms with Gasteiger partial charge in [-0.3, -0.25) is 9.48 Å². The van der Waals surface area contributed by atoms with E-state index in [0.717, 1.165) is 16.7 Å². The van der Waals surface area contributed by atoms with Crippen molar-refractivity contribution < 1.29 is 9.18 Å². The fourth-order valence-corrected chi connectivity index (χ4v) is 6.09. The molecule has 4 aromatic rings. The van der Waals surface area contributed by atoms with Gasteiger partial charge in [-0.1, -0.05) is 11.3 Å². The van der Waals surface area contributed by atoms with Crippen LogP contribution in [-0.4, -0.2) is 37.3 Å². The molecule has 1 unspecified atom stereocenters. The molecule has 31 heavy (non-hydrogen) atoms. The summed E-state index contributed by atoms with van der Waals surface area (Å²) in [5, 5.41) is 15.8. The Morgan fingerprint density at radius 1 is 1.26 bits per heavy atom. The van der Waals surface area contributed by atoms with E-state index in [0.29, 0.717) is 23.1 Å². The predicted octanol–water partition coefficient (Wildman–Crippen LogP) is 4.41. The van der Waals surface area contributed by atoms with E-state index in [-0.39, 0.29) is 17.1 Å². The first-order valence-corrected chi connectivity index (χ1v) is 11.5. The van der Waals surface area contributed by atoms with Crippen molar-refractivity contribution in [2.75, 3.05) is 6.54 Å². The van der Waals surface area contributed by atoms with Gasteiger partial charge in [0.15, 0.2) is 0 Å². The molecule has 0 saturated heterocycles. The van der Waals surface area contributed by atoms with Crippen molar-refractivity contribution >= 4 is 28.6 Å². The second-order valence-corrected chi connectivity index (χ2v) is 10.0. The van der Waals surface area contributed by atoms with Gasteiger partial charge < -0.3 is 4.90 Å². The molecular weight excluding hydrogens is 433 g/mol. The van der Waals surface area contributed by atoms with Crippen molar-refractivity contribution in [3.05, 3.63) is 74.4 Å². The third-order valence-electron chi connectivity index (χ3n) is 5.84. The van der Waals surface area contributed by atoms with Gasteiger partial charge in [-0.25, -0.2) is 4.39 Å². The minimum absolute atomic E-state index is 0.141. The van der Waals surface area contributed by atoms with E-state index in [1.807, 2.05) is 31.3 Å². The lowest BCUT2D eigenvalue weighted by Crippen LogP contribution is -2.46. The number of halogens is 1. The van der Waals surface area contributed by atoms with Gasteiger partial charge in [-0.15, -0.1) is 21.5 Å². The lowest BCUT2D eigenvalue weighted by atomic mass is 9.75. The van der Waals surface area contributed by atoms with Crippen molar-refractivity contribution in [1.29, 1.82) is 0 Å². The molecule has 0 saturated carbocycles. The second kappa shape index (κ2) is 7.35. The number of aryl methyl sites for hydroxylation is 2. The van der Waals surface area contributed by atoms with Gasteiger partial charge in [-0.2, -0.15) is 5.10 Å². The maximum Gasteiger partial charge on any atom is 0.285 e. The number of aromatic nitrogens is 4. The summed E-state index contributed by atoms with van der Waals surface area (Å²) >= 11 is 2.90. The van der Waals surface area contributed by atoms with Gasteiger partial charge >= 0.3 is 0 Å². The number of hydrogen-bond donors (Lipinski definition) is 0. The van der Waals surface area contributed by atoms with Crippen LogP contribution in [-0.2, 0) is 19.0 Å². The molecule has 1 atom stereocenters. The fraction of sp³-hybridized carbons (Fsp3) is 0.273. The molecule has 1 amide bonds. The van der Waals surface area contributed by atoms with E-state index < -0.39 is 0 Å². The van der Waals surface area contributed by atoms with Crippen LogP contribution < -0.4 is 0 Å². The topological polar surface area (TPSA) is 63.9 Å². The van der Waals surface area contributed by atoms with Gasteiger partial charge in [0.2, 0.25) is 5.01 Å². The van der Waals surface area contributed by atoms with E-state index in [4.69, 9.17) is 0 Å². The van der Waals surface area contributed by atoms with Crippen LogP contribution in [0.4, 0.5) is 4.39 Å². The smallest absolute Gasteiger partial charge is 0.285 e. The first kappa shape index (κ1) is 20.0. The molecule has 1 aliphatic heterocycles. The summed E-state index contributed by atoms with van der Waals surface area (Å²) in [6, 6.07) is 6.68. The number of benzene rings is 1. The zero-order valence-electron chi connectivity index (χ0n) is 17.3. The Bertz CT molecular complexity index is 1290. The van der Waals surface area contributed by atoms with Crippen LogP contribution in [0.3, 0.4) is 0 Å². The predicted molar refractivity (Wildman–Crippen MR) is 119 cm³/mol. The Morgan fingerprint density at radius 2 is 2.10 bits per heavy atom. The molecule has 9 heteroatoms. The highest BCUT2D eigenvalue weighted by Gasteiger charge is 2.41. The number of hydrogen-bond acceptors (Lipinski definition) is 6. The van der Waals surface area contributed by atoms with Crippen LogP contribution in [0, 0.1) is 12.7 Å². The van der Waals surface area contributed by atoms with Crippen LogP contribution >= 0.6 is 22.7 Å². The summed E-state index contributed by atoms with van der Waals surface area (Å²) in [4.78, 5) is 16.4. The van der Waals surface area contributed by atoms with E-state index in [1.54, 1.807) is 22.1 Å². The number of amides is 1. The Labute approximate surface area is 187 Å². The number of carbonyl (C=O) groups is 1. The van der Waals surface area contributed by atoms with Crippen LogP contribution in [0.5, 0.6) is 0 Å². The molecule has 1 aromatic carbocycles. The normalized spacial score (nSPS) is 18.3. The van der Waals surface area contributed by atoms with E-state index in [1.165, 1.54) is 33.9 Å². The Morgan fingerprint density at radius 3 is 2.84 bits per heavy atom. The Balaban J connectivity index is 1.47. The molecule has 0 radical (unpaired) electrons. The summed E-state index contributed by atoms with van der Waals surface area (Å²) in [6.45, 7) is 5.06. The summed E-state index contributed by atoms with van der Waals surface area (Å²) in [5.74, 6) is -0.436. The zero-order valence-corrected chi connectivity index (χ0v) is 18.9. The van der Waals surface area contributed by atoms with Crippen molar-refractivity contribution in [3.63, 3.8) is 0 Å². The molecule has 5 rings (SSSR count). The van der Waals surface area contributed by atoms with Gasteiger partial charge in [0.1, 0.15) is 10.8 Å². The van der Waals surface area contributed by atoms with Crippen LogP contribution in [0.25, 0.3) is 10.6 Å². The molecular formula is C22H20FN5OS2. The molecule has 3 aromatic heterocycles. The highest BCUT2D eigenvalue weighted by Crippen LogP contribution is 2.42. The minimum Gasteiger partial charge on any atom is -0.330 e. The van der Waals surface area contributed by atoms with Crippen LogP contribution in [0.1, 0.15) is 38.3 Å². The van der Waals surface area contributed by atoms with E-state index >= 15 is 0 Å². The summed E-state index contributed by atoms with van der Waals surface area (Å²) in [6.07, 6.45) is 3.88. The van der Waals surface area contributed by atoms with E-state index in [9.17, 15) is 9.18 Å². The molecule has 6 nitrogen and oxygen atoms in total. The molecule has 158 valence electrons. The number of rotatable bonds is 3. The largest absolute Gasteiger partial charge is 0.330 e. The second-order valence-electron chi connectivity index (χ2n) is 8.03. The molecule has 0 aliphatic carbocycles. The molecule has 0 bridgehead atoms.